The second kappa shape index (κ2) is 6.99. The average molecular weight is 246 g/mol. The summed E-state index contributed by atoms with van der Waals surface area (Å²) in [7, 11) is 0. The Bertz CT molecular complexity index is 405. The molecule has 3 heteroatoms. The first-order valence-corrected chi connectivity index (χ1v) is 6.06. The topological polar surface area (TPSA) is 49.5 Å². The summed E-state index contributed by atoms with van der Waals surface area (Å²) < 4.78 is 0. The molecule has 3 N–H and O–H groups in total. The number of anilines is 1. The van der Waals surface area contributed by atoms with Crippen LogP contribution in [0.2, 0.25) is 0 Å². The van der Waals surface area contributed by atoms with Crippen molar-refractivity contribution < 1.29 is 5.11 Å². The van der Waals surface area contributed by atoms with Crippen molar-refractivity contribution in [1.82, 2.24) is 4.90 Å². The molecular formula is C15H22N2O. The second-order valence-corrected chi connectivity index (χ2v) is 4.43. The zero-order chi connectivity index (χ0) is 13.5. The van der Waals surface area contributed by atoms with E-state index < -0.39 is 6.10 Å². The minimum absolute atomic E-state index is 0.542. The maximum absolute atomic E-state index is 10.2. The van der Waals surface area contributed by atoms with E-state index in [1.807, 2.05) is 37.3 Å². The van der Waals surface area contributed by atoms with Crippen LogP contribution < -0.4 is 5.73 Å². The van der Waals surface area contributed by atoms with Crippen LogP contribution in [0.3, 0.4) is 0 Å². The highest BCUT2D eigenvalue weighted by Gasteiger charge is 2.12. The SMILES string of the molecule is C=CCN(CC=C)CC(O)c1ccc(C)c(N)c1. The van der Waals surface area contributed by atoms with Gasteiger partial charge in [-0.1, -0.05) is 24.3 Å². The van der Waals surface area contributed by atoms with E-state index in [1.165, 1.54) is 0 Å². The van der Waals surface area contributed by atoms with Crippen molar-refractivity contribution in [2.75, 3.05) is 25.4 Å². The normalized spacial score (nSPS) is 12.4. The number of benzene rings is 1. The van der Waals surface area contributed by atoms with Gasteiger partial charge in [0.1, 0.15) is 0 Å². The number of aliphatic hydroxyl groups excluding tert-OH is 1. The lowest BCUT2D eigenvalue weighted by Gasteiger charge is -2.22. The van der Waals surface area contributed by atoms with Gasteiger partial charge in [0.15, 0.2) is 0 Å². The first-order chi connectivity index (χ1) is 8.58. The van der Waals surface area contributed by atoms with Crippen LogP contribution in [0.4, 0.5) is 5.69 Å². The molecule has 0 radical (unpaired) electrons. The van der Waals surface area contributed by atoms with E-state index >= 15 is 0 Å². The second-order valence-electron chi connectivity index (χ2n) is 4.43. The molecule has 18 heavy (non-hydrogen) atoms. The van der Waals surface area contributed by atoms with E-state index in [9.17, 15) is 5.11 Å². The van der Waals surface area contributed by atoms with Crippen molar-refractivity contribution in [2.45, 2.75) is 13.0 Å². The summed E-state index contributed by atoms with van der Waals surface area (Å²) in [4.78, 5) is 2.07. The highest BCUT2D eigenvalue weighted by Crippen LogP contribution is 2.19. The quantitative estimate of drug-likeness (QED) is 0.573. The van der Waals surface area contributed by atoms with Crippen molar-refractivity contribution in [2.24, 2.45) is 0 Å². The van der Waals surface area contributed by atoms with Crippen LogP contribution in [0, 0.1) is 6.92 Å². The van der Waals surface area contributed by atoms with Crippen molar-refractivity contribution in [3.63, 3.8) is 0 Å². The highest BCUT2D eigenvalue weighted by atomic mass is 16.3. The van der Waals surface area contributed by atoms with E-state index in [1.54, 1.807) is 0 Å². The van der Waals surface area contributed by atoms with Crippen molar-refractivity contribution in [3.05, 3.63) is 54.6 Å². The Kier molecular flexibility index (Phi) is 5.62. The Labute approximate surface area is 109 Å². The number of nitrogens with two attached hydrogens (primary N) is 1. The molecule has 0 bridgehead atoms. The predicted octanol–water partition coefficient (Wildman–Crippen LogP) is 2.28. The molecule has 0 aliphatic carbocycles. The van der Waals surface area contributed by atoms with Crippen molar-refractivity contribution in [1.29, 1.82) is 0 Å². The summed E-state index contributed by atoms with van der Waals surface area (Å²) in [5.74, 6) is 0. The van der Waals surface area contributed by atoms with Gasteiger partial charge in [0, 0.05) is 25.3 Å². The van der Waals surface area contributed by atoms with Crippen molar-refractivity contribution in [3.8, 4) is 0 Å². The molecule has 0 fully saturated rings. The summed E-state index contributed by atoms with van der Waals surface area (Å²) in [6, 6.07) is 5.68. The number of aliphatic hydroxyl groups is 1. The van der Waals surface area contributed by atoms with E-state index in [0.29, 0.717) is 12.2 Å². The number of hydrogen-bond acceptors (Lipinski definition) is 3. The molecular weight excluding hydrogens is 224 g/mol. The number of hydrogen-bond donors (Lipinski definition) is 2. The first kappa shape index (κ1) is 14.5. The monoisotopic (exact) mass is 246 g/mol. The number of nitrogens with zero attached hydrogens (tertiary/aromatic N) is 1. The van der Waals surface area contributed by atoms with E-state index in [-0.39, 0.29) is 0 Å². The number of nitrogen functional groups attached to an aromatic ring is 1. The molecule has 1 unspecified atom stereocenters. The molecule has 1 atom stereocenters. The van der Waals surface area contributed by atoms with E-state index in [4.69, 9.17) is 5.73 Å². The molecule has 3 nitrogen and oxygen atoms in total. The molecule has 0 aromatic heterocycles. The Morgan fingerprint density at radius 1 is 1.33 bits per heavy atom. The zero-order valence-electron chi connectivity index (χ0n) is 11.0. The van der Waals surface area contributed by atoms with Crippen molar-refractivity contribution >= 4 is 5.69 Å². The van der Waals surface area contributed by atoms with Gasteiger partial charge < -0.3 is 10.8 Å². The highest BCUT2D eigenvalue weighted by molar-refractivity contribution is 5.48. The van der Waals surface area contributed by atoms with Gasteiger partial charge >= 0.3 is 0 Å². The lowest BCUT2D eigenvalue weighted by Crippen LogP contribution is -2.29. The number of rotatable bonds is 7. The molecule has 0 aliphatic heterocycles. The van der Waals surface area contributed by atoms with Gasteiger partial charge in [0.25, 0.3) is 0 Å². The minimum Gasteiger partial charge on any atom is -0.399 e. The molecule has 0 heterocycles. The maximum Gasteiger partial charge on any atom is 0.0917 e. The van der Waals surface area contributed by atoms with Gasteiger partial charge in [-0.15, -0.1) is 13.2 Å². The standard InChI is InChI=1S/C15H22N2O/c1-4-8-17(9-5-2)11-15(18)13-7-6-12(3)14(16)10-13/h4-7,10,15,18H,1-2,8-9,11,16H2,3H3. The van der Waals surface area contributed by atoms with Crippen LogP contribution in [0.25, 0.3) is 0 Å². The van der Waals surface area contributed by atoms with Crippen LogP contribution in [0.15, 0.2) is 43.5 Å². The minimum atomic E-state index is -0.548. The lowest BCUT2D eigenvalue weighted by molar-refractivity contribution is 0.125. The smallest absolute Gasteiger partial charge is 0.0917 e. The third-order valence-electron chi connectivity index (χ3n) is 2.89. The van der Waals surface area contributed by atoms with Crippen LogP contribution in [0.1, 0.15) is 17.2 Å². The first-order valence-electron chi connectivity index (χ1n) is 6.06. The predicted molar refractivity (Wildman–Crippen MR) is 77.4 cm³/mol. The van der Waals surface area contributed by atoms with Gasteiger partial charge in [-0.25, -0.2) is 0 Å². The van der Waals surface area contributed by atoms with Crippen LogP contribution in [0.5, 0.6) is 0 Å². The third-order valence-corrected chi connectivity index (χ3v) is 2.89. The van der Waals surface area contributed by atoms with E-state index in [2.05, 4.69) is 18.1 Å². The third kappa shape index (κ3) is 4.02. The maximum atomic E-state index is 10.2. The molecule has 98 valence electrons. The van der Waals surface area contributed by atoms with Crippen LogP contribution in [-0.4, -0.2) is 29.6 Å². The Morgan fingerprint density at radius 2 is 1.94 bits per heavy atom. The summed E-state index contributed by atoms with van der Waals surface area (Å²) in [5.41, 5.74) is 8.43. The molecule has 1 aromatic carbocycles. The summed E-state index contributed by atoms with van der Waals surface area (Å²) in [5, 5.41) is 10.2. The zero-order valence-corrected chi connectivity index (χ0v) is 11.0. The fourth-order valence-electron chi connectivity index (χ4n) is 1.80. The largest absolute Gasteiger partial charge is 0.399 e. The van der Waals surface area contributed by atoms with Gasteiger partial charge in [0.05, 0.1) is 6.10 Å². The van der Waals surface area contributed by atoms with Gasteiger partial charge in [-0.05, 0) is 24.1 Å². The van der Waals surface area contributed by atoms with Crippen LogP contribution in [-0.2, 0) is 0 Å². The fourth-order valence-corrected chi connectivity index (χ4v) is 1.80. The Hall–Kier alpha value is -1.58. The number of aryl methyl sites for hydroxylation is 1. The fraction of sp³-hybridized carbons (Fsp3) is 0.333. The van der Waals surface area contributed by atoms with E-state index in [0.717, 1.165) is 24.2 Å². The molecule has 1 aromatic rings. The summed E-state index contributed by atoms with van der Waals surface area (Å²) in [6.45, 7) is 11.4. The van der Waals surface area contributed by atoms with Gasteiger partial charge in [-0.3, -0.25) is 4.90 Å². The summed E-state index contributed by atoms with van der Waals surface area (Å²) >= 11 is 0. The Balaban J connectivity index is 2.72. The lowest BCUT2D eigenvalue weighted by atomic mass is 10.1. The molecule has 0 spiro atoms. The molecule has 0 amide bonds. The van der Waals surface area contributed by atoms with Gasteiger partial charge in [0.2, 0.25) is 0 Å². The molecule has 0 saturated heterocycles. The van der Waals surface area contributed by atoms with Crippen LogP contribution >= 0.6 is 0 Å². The van der Waals surface area contributed by atoms with Gasteiger partial charge in [-0.2, -0.15) is 0 Å². The average Bonchev–Trinajstić information content (AvgIpc) is 2.33. The molecule has 0 aliphatic rings. The Morgan fingerprint density at radius 3 is 2.44 bits per heavy atom. The summed E-state index contributed by atoms with van der Waals surface area (Å²) in [6.07, 6.45) is 3.09. The molecule has 0 saturated carbocycles. The molecule has 1 rings (SSSR count).